The van der Waals surface area contributed by atoms with Gasteiger partial charge in [-0.2, -0.15) is 5.10 Å². The summed E-state index contributed by atoms with van der Waals surface area (Å²) < 4.78 is 19.5. The van der Waals surface area contributed by atoms with E-state index in [1.165, 1.54) is 0 Å². The number of aliphatic carboxylic acids is 1. The van der Waals surface area contributed by atoms with Crippen molar-refractivity contribution in [2.24, 2.45) is 5.41 Å². The highest BCUT2D eigenvalue weighted by Crippen LogP contribution is 2.55. The Bertz CT molecular complexity index is 2240. The molecule has 3 aromatic carbocycles. The number of hydrogen-bond acceptors (Lipinski definition) is 9. The number of aliphatic hydroxyl groups excluding tert-OH is 1. The second-order valence-electron chi connectivity index (χ2n) is 16.0. The fourth-order valence-corrected chi connectivity index (χ4v) is 9.70. The average molecular weight is 780 g/mol. The third kappa shape index (κ3) is 6.58. The fourth-order valence-electron chi connectivity index (χ4n) is 9.37. The molecule has 4 saturated carbocycles. The number of aromatic nitrogens is 3. The van der Waals surface area contributed by atoms with Gasteiger partial charge in [0, 0.05) is 58.9 Å². The summed E-state index contributed by atoms with van der Waals surface area (Å²) in [5, 5.41) is 26.1. The van der Waals surface area contributed by atoms with Gasteiger partial charge in [0.25, 0.3) is 0 Å². The summed E-state index contributed by atoms with van der Waals surface area (Å²) in [6, 6.07) is 20.5. The number of halogens is 1. The molecule has 0 amide bonds. The molecular weight excluding hydrogens is 730 g/mol. The van der Waals surface area contributed by atoms with Crippen molar-refractivity contribution in [2.75, 3.05) is 35.4 Å². The lowest BCUT2D eigenvalue weighted by Crippen LogP contribution is -2.56. The van der Waals surface area contributed by atoms with Crippen LogP contribution in [0.15, 0.2) is 66.9 Å². The van der Waals surface area contributed by atoms with Crippen LogP contribution in [0.25, 0.3) is 39.0 Å². The van der Waals surface area contributed by atoms with Gasteiger partial charge in [-0.25, -0.2) is 9.67 Å². The summed E-state index contributed by atoms with van der Waals surface area (Å²) in [5.41, 5.74) is 6.38. The lowest BCUT2D eigenvalue weighted by atomic mass is 9.57. The first-order chi connectivity index (χ1) is 27.0. The topological polar surface area (TPSA) is 122 Å². The Balaban J connectivity index is 1.07. The monoisotopic (exact) mass is 779 g/mol. The number of aliphatic hydroxyl groups is 1. The van der Waals surface area contributed by atoms with Crippen LogP contribution < -0.4 is 14.2 Å². The number of nitrogens with zero attached hydrogens (tertiary/aromatic N) is 5. The minimum Gasteiger partial charge on any atom is -0.496 e. The maximum absolute atomic E-state index is 12.0. The fraction of sp³-hybridized carbons (Fsp3) is 0.432. The van der Waals surface area contributed by atoms with Gasteiger partial charge in [0.15, 0.2) is 0 Å². The van der Waals surface area contributed by atoms with Crippen molar-refractivity contribution in [1.82, 2.24) is 24.6 Å². The van der Waals surface area contributed by atoms with Crippen LogP contribution in [0.2, 0.25) is 5.02 Å². The molecule has 56 heavy (non-hydrogen) atoms. The van der Waals surface area contributed by atoms with Crippen LogP contribution in [-0.2, 0) is 17.9 Å². The Labute approximate surface area is 332 Å². The second-order valence-corrected chi connectivity index (χ2v) is 16.4. The van der Waals surface area contributed by atoms with Crippen molar-refractivity contribution in [2.45, 2.75) is 82.1 Å². The van der Waals surface area contributed by atoms with Gasteiger partial charge in [0.05, 0.1) is 66.5 Å². The molecule has 0 aliphatic heterocycles. The zero-order chi connectivity index (χ0) is 39.4. The molecule has 5 aromatic rings. The van der Waals surface area contributed by atoms with Gasteiger partial charge in [-0.3, -0.25) is 14.6 Å². The largest absolute Gasteiger partial charge is 0.496 e. The lowest BCUT2D eigenvalue weighted by Gasteiger charge is -2.55. The van der Waals surface area contributed by atoms with Gasteiger partial charge in [0.1, 0.15) is 11.5 Å². The predicted octanol–water partition coefficient (Wildman–Crippen LogP) is 8.00. The van der Waals surface area contributed by atoms with E-state index in [0.29, 0.717) is 47.2 Å². The third-order valence-electron chi connectivity index (χ3n) is 13.1. The van der Waals surface area contributed by atoms with Crippen molar-refractivity contribution >= 4 is 28.5 Å². The summed E-state index contributed by atoms with van der Waals surface area (Å²) >= 11 is 7.27. The van der Waals surface area contributed by atoms with Crippen LogP contribution in [0.5, 0.6) is 17.4 Å². The summed E-state index contributed by atoms with van der Waals surface area (Å²) in [4.78, 5) is 21.6. The number of methoxy groups -OCH3 is 3. The molecular formula is C44H50ClN5O6. The van der Waals surface area contributed by atoms with Crippen molar-refractivity contribution in [3.63, 3.8) is 0 Å². The van der Waals surface area contributed by atoms with E-state index in [2.05, 4.69) is 36.0 Å². The Kier molecular flexibility index (Phi) is 10.2. The molecule has 2 heterocycles. The minimum atomic E-state index is -0.640. The first-order valence-corrected chi connectivity index (χ1v) is 19.8. The molecule has 12 heteroatoms. The first kappa shape index (κ1) is 38.2. The van der Waals surface area contributed by atoms with Crippen molar-refractivity contribution < 1.29 is 29.2 Å². The van der Waals surface area contributed by atoms with Gasteiger partial charge in [-0.1, -0.05) is 48.0 Å². The Morgan fingerprint density at radius 2 is 1.52 bits per heavy atom. The summed E-state index contributed by atoms with van der Waals surface area (Å²) in [5.74, 6) is 1.32. The molecule has 4 fully saturated rings. The highest BCUT2D eigenvalue weighted by molar-refractivity contribution is 6.36. The number of benzene rings is 3. The Hall–Kier alpha value is -4.68. The molecule has 0 saturated heterocycles. The number of pyridine rings is 1. The lowest BCUT2D eigenvalue weighted by molar-refractivity contribution is -0.160. The molecule has 9 rings (SSSR count). The molecule has 0 unspecified atom stereocenters. The maximum atomic E-state index is 12.0. The van der Waals surface area contributed by atoms with E-state index in [9.17, 15) is 15.0 Å². The van der Waals surface area contributed by atoms with Gasteiger partial charge in [0.2, 0.25) is 5.88 Å². The molecule has 0 spiro atoms. The van der Waals surface area contributed by atoms with Gasteiger partial charge < -0.3 is 24.4 Å². The van der Waals surface area contributed by atoms with Crippen molar-refractivity contribution in [3.8, 4) is 45.5 Å². The van der Waals surface area contributed by atoms with Gasteiger partial charge >= 0.3 is 5.97 Å². The zero-order valence-electron chi connectivity index (χ0n) is 32.7. The number of carboxylic acid groups (broad SMARTS) is 1. The third-order valence-corrected chi connectivity index (χ3v) is 13.6. The van der Waals surface area contributed by atoms with Crippen LogP contribution in [0.3, 0.4) is 0 Å². The standard InChI is InChI=1S/C44H50ClN5O6/c1-48(28-20-30(51)21-28)26-35-38(54-3)22-29(23-39(35)55-4)50-37-11-7-8-31(34(37)24-46-50)32-9-6-10-33(40(32)45)36-13-12-27(41(47-36)56-5)25-49(2)44-17-14-43(15-18-44,16-19-44)42(52)53/h6-13,22-24,28,30,51H,14-21,25-26H2,1-5H3,(H,52,53). The smallest absolute Gasteiger partial charge is 0.309 e. The molecule has 0 atom stereocenters. The maximum Gasteiger partial charge on any atom is 0.309 e. The summed E-state index contributed by atoms with van der Waals surface area (Å²) in [6.45, 7) is 1.28. The number of ether oxygens (including phenoxy) is 3. The average Bonchev–Trinajstić information content (AvgIpc) is 3.65. The number of carbonyl (C=O) groups is 1. The molecule has 2 aromatic heterocycles. The Morgan fingerprint density at radius 1 is 0.875 bits per heavy atom. The number of carboxylic acids is 1. The van der Waals surface area contributed by atoms with Crippen LogP contribution >= 0.6 is 11.6 Å². The van der Waals surface area contributed by atoms with E-state index >= 15 is 0 Å². The first-order valence-electron chi connectivity index (χ1n) is 19.4. The highest BCUT2D eigenvalue weighted by atomic mass is 35.5. The summed E-state index contributed by atoms with van der Waals surface area (Å²) in [7, 11) is 9.18. The molecule has 294 valence electrons. The molecule has 0 radical (unpaired) electrons. The van der Waals surface area contributed by atoms with Crippen LogP contribution in [-0.4, -0.2) is 93.9 Å². The predicted molar refractivity (Wildman–Crippen MR) is 217 cm³/mol. The van der Waals surface area contributed by atoms with Crippen LogP contribution in [0, 0.1) is 5.41 Å². The van der Waals surface area contributed by atoms with Crippen molar-refractivity contribution in [1.29, 1.82) is 0 Å². The highest BCUT2D eigenvalue weighted by Gasteiger charge is 2.54. The Morgan fingerprint density at radius 3 is 2.14 bits per heavy atom. The van der Waals surface area contributed by atoms with Gasteiger partial charge in [-0.05, 0) is 83.2 Å². The number of fused-ring (bicyclic) bond motifs is 4. The zero-order valence-corrected chi connectivity index (χ0v) is 33.5. The van der Waals surface area contributed by atoms with E-state index in [-0.39, 0.29) is 11.6 Å². The van der Waals surface area contributed by atoms with E-state index < -0.39 is 11.4 Å². The van der Waals surface area contributed by atoms with Crippen LogP contribution in [0.1, 0.15) is 62.5 Å². The normalized spacial score (nSPS) is 23.1. The molecule has 4 aliphatic rings. The van der Waals surface area contributed by atoms with Crippen molar-refractivity contribution in [3.05, 3.63) is 83.0 Å². The molecule has 2 N–H and O–H groups in total. The minimum absolute atomic E-state index is 0.00692. The van der Waals surface area contributed by atoms with E-state index in [1.807, 2.05) is 59.4 Å². The van der Waals surface area contributed by atoms with E-state index in [4.69, 9.17) is 35.9 Å². The second kappa shape index (κ2) is 15.0. The molecule has 11 nitrogen and oxygen atoms in total. The SMILES string of the molecule is COc1cc(-n2ncc3c(-c4cccc(-c5ccc(CN(C)C67CCC(C(=O)O)(CC6)CC7)c(OC)n5)c4Cl)cccc32)cc(OC)c1CN(C)C1CC(O)C1. The molecule has 4 aliphatic carbocycles. The van der Waals surface area contributed by atoms with E-state index in [0.717, 1.165) is 95.8 Å². The van der Waals surface area contributed by atoms with Crippen LogP contribution in [0.4, 0.5) is 0 Å². The van der Waals surface area contributed by atoms with Gasteiger partial charge in [-0.15, -0.1) is 0 Å². The molecule has 2 bridgehead atoms. The number of hydrogen-bond donors (Lipinski definition) is 2. The quantitative estimate of drug-likeness (QED) is 0.122. The van der Waals surface area contributed by atoms with E-state index in [1.54, 1.807) is 21.3 Å². The summed E-state index contributed by atoms with van der Waals surface area (Å²) in [6.07, 6.45) is 8.02. The number of rotatable bonds is 13.